The molecule has 1 aromatic rings. The maximum atomic E-state index is 12.0. The molecule has 0 saturated carbocycles. The van der Waals surface area contributed by atoms with E-state index in [-0.39, 0.29) is 12.0 Å². The number of aryl methyl sites for hydroxylation is 1. The molecule has 1 atom stereocenters. The van der Waals surface area contributed by atoms with Gasteiger partial charge in [-0.15, -0.1) is 0 Å². The molecule has 0 heterocycles. The quantitative estimate of drug-likeness (QED) is 0.708. The first-order chi connectivity index (χ1) is 9.08. The van der Waals surface area contributed by atoms with Crippen molar-refractivity contribution in [2.45, 2.75) is 46.2 Å². The number of rotatable bonds is 7. The molecule has 106 valence electrons. The second-order valence-corrected chi connectivity index (χ2v) is 4.96. The SMILES string of the molecule is CCCC(C(=O)OCC)N(C)Cc1ccc(C)cc1. The highest BCUT2D eigenvalue weighted by Crippen LogP contribution is 2.12. The topological polar surface area (TPSA) is 29.5 Å². The summed E-state index contributed by atoms with van der Waals surface area (Å²) in [6.45, 7) is 7.22. The van der Waals surface area contributed by atoms with Crippen LogP contribution in [0.4, 0.5) is 0 Å². The number of benzene rings is 1. The predicted octanol–water partition coefficient (Wildman–Crippen LogP) is 3.16. The normalized spacial score (nSPS) is 12.5. The molecule has 0 aromatic heterocycles. The van der Waals surface area contributed by atoms with E-state index >= 15 is 0 Å². The van der Waals surface area contributed by atoms with Gasteiger partial charge in [0.2, 0.25) is 0 Å². The van der Waals surface area contributed by atoms with Gasteiger partial charge in [0, 0.05) is 6.54 Å². The molecule has 3 nitrogen and oxygen atoms in total. The summed E-state index contributed by atoms with van der Waals surface area (Å²) >= 11 is 0. The lowest BCUT2D eigenvalue weighted by Gasteiger charge is -2.26. The van der Waals surface area contributed by atoms with Crippen LogP contribution in [0.25, 0.3) is 0 Å². The molecule has 1 aromatic carbocycles. The highest BCUT2D eigenvalue weighted by Gasteiger charge is 2.23. The van der Waals surface area contributed by atoms with E-state index < -0.39 is 0 Å². The lowest BCUT2D eigenvalue weighted by Crippen LogP contribution is -2.39. The fourth-order valence-electron chi connectivity index (χ4n) is 2.12. The van der Waals surface area contributed by atoms with Crippen molar-refractivity contribution in [1.82, 2.24) is 4.90 Å². The van der Waals surface area contributed by atoms with Crippen molar-refractivity contribution in [1.29, 1.82) is 0 Å². The number of likely N-dealkylation sites (N-methyl/N-ethyl adjacent to an activating group) is 1. The molecule has 0 aliphatic carbocycles. The Morgan fingerprint density at radius 1 is 1.26 bits per heavy atom. The van der Waals surface area contributed by atoms with Gasteiger partial charge in [-0.3, -0.25) is 9.69 Å². The molecule has 0 aliphatic heterocycles. The van der Waals surface area contributed by atoms with Crippen molar-refractivity contribution >= 4 is 5.97 Å². The van der Waals surface area contributed by atoms with E-state index in [1.54, 1.807) is 0 Å². The van der Waals surface area contributed by atoms with Gasteiger partial charge in [-0.05, 0) is 32.9 Å². The molecule has 1 rings (SSSR count). The Kier molecular flexibility index (Phi) is 6.57. The molecule has 0 bridgehead atoms. The van der Waals surface area contributed by atoms with E-state index in [4.69, 9.17) is 4.74 Å². The summed E-state index contributed by atoms with van der Waals surface area (Å²) in [5.41, 5.74) is 2.47. The fraction of sp³-hybridized carbons (Fsp3) is 0.562. The van der Waals surface area contributed by atoms with Gasteiger partial charge in [-0.25, -0.2) is 0 Å². The van der Waals surface area contributed by atoms with Gasteiger partial charge in [0.05, 0.1) is 6.61 Å². The first kappa shape index (κ1) is 15.7. The number of nitrogens with zero attached hydrogens (tertiary/aromatic N) is 1. The average Bonchev–Trinajstić information content (AvgIpc) is 2.38. The zero-order valence-corrected chi connectivity index (χ0v) is 12.5. The van der Waals surface area contributed by atoms with Crippen molar-refractivity contribution in [2.75, 3.05) is 13.7 Å². The van der Waals surface area contributed by atoms with Crippen LogP contribution in [0, 0.1) is 6.92 Å². The van der Waals surface area contributed by atoms with Crippen molar-refractivity contribution in [2.24, 2.45) is 0 Å². The molecule has 0 radical (unpaired) electrons. The third-order valence-corrected chi connectivity index (χ3v) is 3.21. The van der Waals surface area contributed by atoms with E-state index in [0.717, 1.165) is 19.4 Å². The Morgan fingerprint density at radius 2 is 1.89 bits per heavy atom. The second-order valence-electron chi connectivity index (χ2n) is 4.96. The van der Waals surface area contributed by atoms with Crippen molar-refractivity contribution < 1.29 is 9.53 Å². The number of hydrogen-bond acceptors (Lipinski definition) is 3. The van der Waals surface area contributed by atoms with Gasteiger partial charge < -0.3 is 4.74 Å². The first-order valence-corrected chi connectivity index (χ1v) is 7.00. The molecule has 19 heavy (non-hydrogen) atoms. The molecule has 1 unspecified atom stereocenters. The van der Waals surface area contributed by atoms with Crippen LogP contribution in [-0.2, 0) is 16.1 Å². The molecule has 0 N–H and O–H groups in total. The van der Waals surface area contributed by atoms with Gasteiger partial charge in [0.15, 0.2) is 0 Å². The summed E-state index contributed by atoms with van der Waals surface area (Å²) < 4.78 is 5.15. The Bertz CT molecular complexity index is 386. The van der Waals surface area contributed by atoms with Crippen LogP contribution in [0.5, 0.6) is 0 Å². The Morgan fingerprint density at radius 3 is 2.42 bits per heavy atom. The smallest absolute Gasteiger partial charge is 0.323 e. The van der Waals surface area contributed by atoms with E-state index in [9.17, 15) is 4.79 Å². The summed E-state index contributed by atoms with van der Waals surface area (Å²) in [6, 6.07) is 8.27. The van der Waals surface area contributed by atoms with E-state index in [2.05, 4.69) is 43.0 Å². The summed E-state index contributed by atoms with van der Waals surface area (Å²) in [6.07, 6.45) is 1.81. The van der Waals surface area contributed by atoms with Gasteiger partial charge in [0.25, 0.3) is 0 Å². The fourth-order valence-corrected chi connectivity index (χ4v) is 2.12. The number of hydrogen-bond donors (Lipinski definition) is 0. The van der Waals surface area contributed by atoms with Gasteiger partial charge in [-0.1, -0.05) is 43.2 Å². The molecule has 0 spiro atoms. The van der Waals surface area contributed by atoms with Crippen LogP contribution >= 0.6 is 0 Å². The number of carbonyl (C=O) groups is 1. The zero-order valence-electron chi connectivity index (χ0n) is 12.5. The standard InChI is InChI=1S/C16H25NO2/c1-5-7-15(16(18)19-6-2)17(4)12-14-10-8-13(3)9-11-14/h8-11,15H,5-7,12H2,1-4H3. The van der Waals surface area contributed by atoms with E-state index in [1.165, 1.54) is 11.1 Å². The summed E-state index contributed by atoms with van der Waals surface area (Å²) in [4.78, 5) is 14.0. The molecular formula is C16H25NO2. The van der Waals surface area contributed by atoms with Crippen LogP contribution < -0.4 is 0 Å². The minimum absolute atomic E-state index is 0.112. The number of carbonyl (C=O) groups excluding carboxylic acids is 1. The van der Waals surface area contributed by atoms with Crippen LogP contribution in [0.2, 0.25) is 0 Å². The van der Waals surface area contributed by atoms with E-state index in [1.807, 2.05) is 14.0 Å². The lowest BCUT2D eigenvalue weighted by molar-refractivity contribution is -0.149. The molecule has 0 fully saturated rings. The molecule has 3 heteroatoms. The first-order valence-electron chi connectivity index (χ1n) is 7.00. The van der Waals surface area contributed by atoms with E-state index in [0.29, 0.717) is 6.61 Å². The third-order valence-electron chi connectivity index (χ3n) is 3.21. The monoisotopic (exact) mass is 263 g/mol. The van der Waals surface area contributed by atoms with Gasteiger partial charge in [0.1, 0.15) is 6.04 Å². The van der Waals surface area contributed by atoms with Crippen LogP contribution in [0.3, 0.4) is 0 Å². The summed E-state index contributed by atoms with van der Waals surface area (Å²) in [5.74, 6) is -0.112. The minimum Gasteiger partial charge on any atom is -0.465 e. The average molecular weight is 263 g/mol. The highest BCUT2D eigenvalue weighted by atomic mass is 16.5. The Hall–Kier alpha value is -1.35. The van der Waals surface area contributed by atoms with Crippen LogP contribution in [0.1, 0.15) is 37.8 Å². The van der Waals surface area contributed by atoms with Crippen molar-refractivity contribution in [3.63, 3.8) is 0 Å². The zero-order chi connectivity index (χ0) is 14.3. The minimum atomic E-state index is -0.147. The van der Waals surface area contributed by atoms with Gasteiger partial charge >= 0.3 is 5.97 Å². The number of ether oxygens (including phenoxy) is 1. The summed E-state index contributed by atoms with van der Waals surface area (Å²) in [7, 11) is 1.98. The van der Waals surface area contributed by atoms with Crippen LogP contribution in [-0.4, -0.2) is 30.6 Å². The third kappa shape index (κ3) is 5.03. The lowest BCUT2D eigenvalue weighted by atomic mass is 10.1. The van der Waals surface area contributed by atoms with Crippen molar-refractivity contribution in [3.8, 4) is 0 Å². The summed E-state index contributed by atoms with van der Waals surface area (Å²) in [5, 5.41) is 0. The second kappa shape index (κ2) is 7.95. The Labute approximate surface area is 116 Å². The number of esters is 1. The van der Waals surface area contributed by atoms with Crippen LogP contribution in [0.15, 0.2) is 24.3 Å². The predicted molar refractivity (Wildman–Crippen MR) is 78.0 cm³/mol. The Balaban J connectivity index is 2.68. The molecule has 0 saturated heterocycles. The largest absolute Gasteiger partial charge is 0.465 e. The van der Waals surface area contributed by atoms with Crippen molar-refractivity contribution in [3.05, 3.63) is 35.4 Å². The maximum Gasteiger partial charge on any atom is 0.323 e. The molecule has 0 amide bonds. The highest BCUT2D eigenvalue weighted by molar-refractivity contribution is 5.75. The molecule has 0 aliphatic rings. The maximum absolute atomic E-state index is 12.0. The molecular weight excluding hydrogens is 238 g/mol. The van der Waals surface area contributed by atoms with Gasteiger partial charge in [-0.2, -0.15) is 0 Å².